The third-order valence-electron chi connectivity index (χ3n) is 6.63. The first-order chi connectivity index (χ1) is 17.7. The van der Waals surface area contributed by atoms with Crippen molar-refractivity contribution in [1.82, 2.24) is 24.5 Å². The maximum atomic E-state index is 13.2. The zero-order chi connectivity index (χ0) is 24.7. The minimum atomic E-state index is -0.0236. The average molecular weight is 504 g/mol. The van der Waals surface area contributed by atoms with Crippen LogP contribution in [0, 0.1) is 6.92 Å². The highest BCUT2D eigenvalue weighted by molar-refractivity contribution is 7.15. The summed E-state index contributed by atoms with van der Waals surface area (Å²) in [4.78, 5) is 23.3. The Balaban J connectivity index is 1.26. The molecule has 3 heterocycles. The molecule has 1 fully saturated rings. The van der Waals surface area contributed by atoms with E-state index < -0.39 is 0 Å². The van der Waals surface area contributed by atoms with Gasteiger partial charge in [-0.25, -0.2) is 9.78 Å². The number of carbonyl (C=O) groups excluding carboxylic acids is 1. The molecule has 8 heteroatoms. The van der Waals surface area contributed by atoms with E-state index in [2.05, 4.69) is 57.4 Å². The lowest BCUT2D eigenvalue weighted by Crippen LogP contribution is -2.46. The number of aromatic nitrogens is 2. The van der Waals surface area contributed by atoms with Crippen molar-refractivity contribution in [2.75, 3.05) is 45.9 Å². The molecule has 1 saturated heterocycles. The Hall–Kier alpha value is -3.20. The Morgan fingerprint density at radius 1 is 1.08 bits per heavy atom. The summed E-state index contributed by atoms with van der Waals surface area (Å²) in [6, 6.07) is 18.5. The van der Waals surface area contributed by atoms with Crippen LogP contribution in [0.5, 0.6) is 0 Å². The van der Waals surface area contributed by atoms with Crippen LogP contribution in [-0.2, 0) is 17.7 Å². The monoisotopic (exact) mass is 503 g/mol. The van der Waals surface area contributed by atoms with Crippen LogP contribution in [0.25, 0.3) is 16.2 Å². The lowest BCUT2D eigenvalue weighted by Gasteiger charge is -2.30. The maximum Gasteiger partial charge on any atom is 0.317 e. The highest BCUT2D eigenvalue weighted by atomic mass is 32.1. The number of morpholine rings is 1. The minimum absolute atomic E-state index is 0.0236. The Labute approximate surface area is 216 Å². The molecule has 7 nitrogen and oxygen atoms in total. The lowest BCUT2D eigenvalue weighted by atomic mass is 10.1. The Kier molecular flexibility index (Phi) is 7.95. The normalized spacial score (nSPS) is 14.2. The SMILES string of the molecule is Cc1ccc(-c2cn3c(CCN(CCN4CCOCC4)C(=O)NCc4ccccc4)csc3n2)cc1. The van der Waals surface area contributed by atoms with Gasteiger partial charge in [-0.1, -0.05) is 60.2 Å². The van der Waals surface area contributed by atoms with Crippen molar-refractivity contribution in [1.29, 1.82) is 0 Å². The smallest absolute Gasteiger partial charge is 0.317 e. The lowest BCUT2D eigenvalue weighted by molar-refractivity contribution is 0.0349. The van der Waals surface area contributed by atoms with Crippen LogP contribution in [0.3, 0.4) is 0 Å². The number of hydrogen-bond acceptors (Lipinski definition) is 5. The zero-order valence-corrected chi connectivity index (χ0v) is 21.5. The van der Waals surface area contributed by atoms with Gasteiger partial charge in [0, 0.05) is 68.5 Å². The van der Waals surface area contributed by atoms with Gasteiger partial charge in [0.1, 0.15) is 0 Å². The standard InChI is InChI=1S/C28H33N5O2S/c1-22-7-9-24(10-8-22)26-20-33-25(21-36-28(33)30-26)11-12-32(14-13-31-15-17-35-18-16-31)27(34)29-19-23-5-3-2-4-6-23/h2-10,20-21H,11-19H2,1H3,(H,29,34). The molecule has 0 radical (unpaired) electrons. The molecule has 1 aliphatic heterocycles. The van der Waals surface area contributed by atoms with Crippen LogP contribution in [0.1, 0.15) is 16.8 Å². The van der Waals surface area contributed by atoms with E-state index in [4.69, 9.17) is 9.72 Å². The van der Waals surface area contributed by atoms with E-state index in [0.717, 1.165) is 61.1 Å². The number of thiazole rings is 1. The number of aryl methyl sites for hydroxylation is 1. The number of imidazole rings is 1. The predicted molar refractivity (Wildman–Crippen MR) is 144 cm³/mol. The summed E-state index contributed by atoms with van der Waals surface area (Å²) in [7, 11) is 0. The minimum Gasteiger partial charge on any atom is -0.379 e. The fourth-order valence-corrected chi connectivity index (χ4v) is 5.32. The van der Waals surface area contributed by atoms with E-state index >= 15 is 0 Å². The molecule has 2 aromatic heterocycles. The molecular weight excluding hydrogens is 470 g/mol. The van der Waals surface area contributed by atoms with Crippen molar-refractivity contribution in [2.24, 2.45) is 0 Å². The van der Waals surface area contributed by atoms with Gasteiger partial charge in [0.2, 0.25) is 0 Å². The van der Waals surface area contributed by atoms with Crippen molar-refractivity contribution < 1.29 is 9.53 Å². The molecule has 0 atom stereocenters. The summed E-state index contributed by atoms with van der Waals surface area (Å²) in [5, 5.41) is 5.27. The van der Waals surface area contributed by atoms with E-state index in [0.29, 0.717) is 19.6 Å². The number of hydrogen-bond donors (Lipinski definition) is 1. The number of carbonyl (C=O) groups is 1. The number of rotatable bonds is 9. The van der Waals surface area contributed by atoms with Crippen LogP contribution in [0.15, 0.2) is 66.2 Å². The molecule has 4 aromatic rings. The zero-order valence-electron chi connectivity index (χ0n) is 20.7. The highest BCUT2D eigenvalue weighted by Crippen LogP contribution is 2.24. The summed E-state index contributed by atoms with van der Waals surface area (Å²) >= 11 is 1.65. The number of nitrogens with one attached hydrogen (secondary N) is 1. The van der Waals surface area contributed by atoms with E-state index in [-0.39, 0.29) is 6.03 Å². The van der Waals surface area contributed by atoms with Crippen molar-refractivity contribution in [3.63, 3.8) is 0 Å². The first-order valence-electron chi connectivity index (χ1n) is 12.5. The molecule has 5 rings (SSSR count). The van der Waals surface area contributed by atoms with Gasteiger partial charge in [0.05, 0.1) is 18.9 Å². The molecule has 0 spiro atoms. The number of urea groups is 1. The van der Waals surface area contributed by atoms with Gasteiger partial charge in [0.25, 0.3) is 0 Å². The van der Waals surface area contributed by atoms with Crippen molar-refractivity contribution in [3.05, 3.63) is 83.0 Å². The average Bonchev–Trinajstić information content (AvgIpc) is 3.50. The van der Waals surface area contributed by atoms with Gasteiger partial charge in [-0.2, -0.15) is 0 Å². The van der Waals surface area contributed by atoms with Crippen LogP contribution in [0.2, 0.25) is 0 Å². The number of nitrogens with zero attached hydrogens (tertiary/aromatic N) is 4. The maximum absolute atomic E-state index is 13.2. The summed E-state index contributed by atoms with van der Waals surface area (Å²) in [6.45, 7) is 8.16. The van der Waals surface area contributed by atoms with Crippen LogP contribution < -0.4 is 5.32 Å². The van der Waals surface area contributed by atoms with Crippen molar-refractivity contribution >= 4 is 22.3 Å². The summed E-state index contributed by atoms with van der Waals surface area (Å²) in [5.41, 5.74) is 5.61. The Morgan fingerprint density at radius 2 is 1.86 bits per heavy atom. The Morgan fingerprint density at radius 3 is 2.64 bits per heavy atom. The van der Waals surface area contributed by atoms with Gasteiger partial charge >= 0.3 is 6.03 Å². The first-order valence-corrected chi connectivity index (χ1v) is 13.4. The molecule has 0 bridgehead atoms. The third kappa shape index (κ3) is 6.13. The largest absolute Gasteiger partial charge is 0.379 e. The number of amides is 2. The summed E-state index contributed by atoms with van der Waals surface area (Å²) < 4.78 is 7.65. The summed E-state index contributed by atoms with van der Waals surface area (Å²) in [6.07, 6.45) is 2.88. The van der Waals surface area contributed by atoms with Gasteiger partial charge in [-0.05, 0) is 12.5 Å². The topological polar surface area (TPSA) is 62.1 Å². The Bertz CT molecular complexity index is 1260. The fraction of sp³-hybridized carbons (Fsp3) is 0.357. The quantitative estimate of drug-likeness (QED) is 0.366. The molecule has 0 unspecified atom stereocenters. The number of fused-ring (bicyclic) bond motifs is 1. The molecule has 1 N–H and O–H groups in total. The third-order valence-corrected chi connectivity index (χ3v) is 7.52. The molecule has 2 aromatic carbocycles. The number of benzene rings is 2. The molecule has 2 amide bonds. The van der Waals surface area contributed by atoms with Crippen molar-refractivity contribution in [3.8, 4) is 11.3 Å². The van der Waals surface area contributed by atoms with E-state index in [9.17, 15) is 4.79 Å². The van der Waals surface area contributed by atoms with Gasteiger partial charge in [0.15, 0.2) is 4.96 Å². The molecule has 1 aliphatic rings. The van der Waals surface area contributed by atoms with E-state index in [1.165, 1.54) is 11.3 Å². The van der Waals surface area contributed by atoms with Crippen LogP contribution >= 0.6 is 11.3 Å². The first kappa shape index (κ1) is 24.5. The second kappa shape index (κ2) is 11.7. The van der Waals surface area contributed by atoms with E-state index in [1.807, 2.05) is 35.2 Å². The number of ether oxygens (including phenoxy) is 1. The highest BCUT2D eigenvalue weighted by Gasteiger charge is 2.18. The second-order valence-corrected chi connectivity index (χ2v) is 10.0. The van der Waals surface area contributed by atoms with Gasteiger partial charge in [-0.3, -0.25) is 9.30 Å². The van der Waals surface area contributed by atoms with Crippen LogP contribution in [0.4, 0.5) is 4.79 Å². The van der Waals surface area contributed by atoms with Gasteiger partial charge in [-0.15, -0.1) is 11.3 Å². The molecule has 0 saturated carbocycles. The van der Waals surface area contributed by atoms with Gasteiger partial charge < -0.3 is 15.0 Å². The van der Waals surface area contributed by atoms with Crippen LogP contribution in [-0.4, -0.2) is 71.2 Å². The summed E-state index contributed by atoms with van der Waals surface area (Å²) in [5.74, 6) is 0. The second-order valence-electron chi connectivity index (χ2n) is 9.21. The molecule has 188 valence electrons. The molecular formula is C28H33N5O2S. The molecule has 36 heavy (non-hydrogen) atoms. The molecule has 0 aliphatic carbocycles. The van der Waals surface area contributed by atoms with Crippen molar-refractivity contribution in [2.45, 2.75) is 19.9 Å². The predicted octanol–water partition coefficient (Wildman–Crippen LogP) is 4.46. The van der Waals surface area contributed by atoms with E-state index in [1.54, 1.807) is 11.3 Å². The fourth-order valence-electron chi connectivity index (χ4n) is 4.41.